The van der Waals surface area contributed by atoms with Crippen molar-refractivity contribution in [1.82, 2.24) is 10.3 Å². The lowest BCUT2D eigenvalue weighted by Gasteiger charge is -2.17. The molecule has 1 aliphatic carbocycles. The number of aliphatic carboxylic acids is 1. The Morgan fingerprint density at radius 2 is 1.88 bits per heavy atom. The number of pyridine rings is 1. The first-order valence-corrected chi connectivity index (χ1v) is 8.47. The molecule has 1 heterocycles. The minimum atomic E-state index is -1.14. The summed E-state index contributed by atoms with van der Waals surface area (Å²) in [6.45, 7) is -0.198. The molecular weight excluding hydrogens is 339 g/mol. The lowest BCUT2D eigenvalue weighted by atomic mass is 9.95. The molecule has 1 aromatic carbocycles. The topological polar surface area (TPSA) is 99.3 Å². The first-order chi connectivity index (χ1) is 12.5. The number of hydrogen-bond donors (Lipinski definition) is 3. The number of aryl methyl sites for hydroxylation is 2. The Hall–Kier alpha value is -2.96. The van der Waals surface area contributed by atoms with Crippen LogP contribution >= 0.6 is 0 Å². The molecule has 0 bridgehead atoms. The average molecular weight is 358 g/mol. The first kappa shape index (κ1) is 17.8. The van der Waals surface area contributed by atoms with Gasteiger partial charge in [-0.05, 0) is 55.0 Å². The second-order valence-corrected chi connectivity index (χ2v) is 6.38. The monoisotopic (exact) mass is 358 g/mol. The van der Waals surface area contributed by atoms with Gasteiger partial charge >= 0.3 is 5.97 Å². The van der Waals surface area contributed by atoms with Gasteiger partial charge in [0.05, 0.1) is 5.92 Å². The number of rotatable bonds is 5. The van der Waals surface area contributed by atoms with E-state index in [2.05, 4.69) is 10.3 Å². The molecule has 1 atom stereocenters. The maximum atomic E-state index is 13.0. The largest absolute Gasteiger partial charge is 0.481 e. The van der Waals surface area contributed by atoms with E-state index in [0.29, 0.717) is 5.56 Å². The summed E-state index contributed by atoms with van der Waals surface area (Å²) in [6, 6.07) is 6.66. The van der Waals surface area contributed by atoms with Crippen LogP contribution in [-0.4, -0.2) is 28.5 Å². The molecule has 2 aromatic rings. The van der Waals surface area contributed by atoms with Gasteiger partial charge in [0.2, 0.25) is 0 Å². The van der Waals surface area contributed by atoms with Gasteiger partial charge in [-0.1, -0.05) is 12.1 Å². The fourth-order valence-electron chi connectivity index (χ4n) is 3.18. The van der Waals surface area contributed by atoms with Crippen molar-refractivity contribution in [1.29, 1.82) is 0 Å². The maximum Gasteiger partial charge on any atom is 0.312 e. The molecule has 0 fully saturated rings. The van der Waals surface area contributed by atoms with E-state index in [0.717, 1.165) is 36.9 Å². The Morgan fingerprint density at radius 3 is 2.58 bits per heavy atom. The second-order valence-electron chi connectivity index (χ2n) is 6.38. The minimum Gasteiger partial charge on any atom is -0.481 e. The number of amides is 1. The summed E-state index contributed by atoms with van der Waals surface area (Å²) >= 11 is 0. The van der Waals surface area contributed by atoms with Crippen molar-refractivity contribution in [2.24, 2.45) is 0 Å². The molecule has 3 rings (SSSR count). The molecule has 0 radical (unpaired) electrons. The predicted molar refractivity (Wildman–Crippen MR) is 92.8 cm³/mol. The van der Waals surface area contributed by atoms with Gasteiger partial charge in [0, 0.05) is 12.2 Å². The molecule has 3 N–H and O–H groups in total. The lowest BCUT2D eigenvalue weighted by molar-refractivity contribution is -0.138. The van der Waals surface area contributed by atoms with Gasteiger partial charge in [-0.2, -0.15) is 0 Å². The van der Waals surface area contributed by atoms with Crippen LogP contribution in [0.2, 0.25) is 0 Å². The summed E-state index contributed by atoms with van der Waals surface area (Å²) in [6.07, 6.45) is 3.61. The molecule has 7 heteroatoms. The number of hydrogen-bond acceptors (Lipinski definition) is 3. The van der Waals surface area contributed by atoms with Crippen LogP contribution in [0.1, 0.15) is 45.9 Å². The van der Waals surface area contributed by atoms with Crippen molar-refractivity contribution in [2.75, 3.05) is 6.54 Å². The van der Waals surface area contributed by atoms with E-state index in [-0.39, 0.29) is 12.1 Å². The van der Waals surface area contributed by atoms with E-state index in [1.54, 1.807) is 6.07 Å². The zero-order valence-electron chi connectivity index (χ0n) is 14.0. The van der Waals surface area contributed by atoms with Gasteiger partial charge in [0.15, 0.2) is 0 Å². The molecule has 1 unspecified atom stereocenters. The van der Waals surface area contributed by atoms with Crippen LogP contribution in [0.5, 0.6) is 0 Å². The van der Waals surface area contributed by atoms with Crippen molar-refractivity contribution in [3.05, 3.63) is 68.9 Å². The fourth-order valence-corrected chi connectivity index (χ4v) is 3.18. The van der Waals surface area contributed by atoms with Crippen LogP contribution in [0.25, 0.3) is 0 Å². The van der Waals surface area contributed by atoms with Crippen LogP contribution < -0.4 is 10.9 Å². The van der Waals surface area contributed by atoms with Crippen LogP contribution in [0.15, 0.2) is 35.1 Å². The summed E-state index contributed by atoms with van der Waals surface area (Å²) in [4.78, 5) is 38.8. The number of carboxylic acids is 1. The van der Waals surface area contributed by atoms with Crippen LogP contribution in [0.3, 0.4) is 0 Å². The highest BCUT2D eigenvalue weighted by molar-refractivity contribution is 5.94. The van der Waals surface area contributed by atoms with E-state index in [9.17, 15) is 23.9 Å². The van der Waals surface area contributed by atoms with Gasteiger partial charge in [0.25, 0.3) is 11.5 Å². The number of nitrogens with one attached hydrogen (secondary N) is 2. The zero-order valence-corrected chi connectivity index (χ0v) is 14.0. The van der Waals surface area contributed by atoms with Crippen LogP contribution in [0.4, 0.5) is 4.39 Å². The highest BCUT2D eigenvalue weighted by atomic mass is 19.1. The molecule has 1 aromatic heterocycles. The Labute approximate surface area is 149 Å². The van der Waals surface area contributed by atoms with Gasteiger partial charge < -0.3 is 15.4 Å². The van der Waals surface area contributed by atoms with E-state index >= 15 is 0 Å². The highest BCUT2D eigenvalue weighted by Gasteiger charge is 2.22. The number of halogens is 1. The molecule has 6 nitrogen and oxygen atoms in total. The number of carbonyl (C=O) groups excluding carboxylic acids is 1. The lowest BCUT2D eigenvalue weighted by Crippen LogP contribution is -2.35. The zero-order chi connectivity index (χ0) is 18.7. The third-order valence-corrected chi connectivity index (χ3v) is 4.62. The molecule has 26 heavy (non-hydrogen) atoms. The highest BCUT2D eigenvalue weighted by Crippen LogP contribution is 2.19. The summed E-state index contributed by atoms with van der Waals surface area (Å²) in [5.74, 6) is -3.26. The Balaban J connectivity index is 1.76. The maximum absolute atomic E-state index is 13.0. The SMILES string of the molecule is O=C(NCC(C(=O)O)c1ccc(F)cc1)c1cc2c([nH]c1=O)CCCC2. The summed E-state index contributed by atoms with van der Waals surface area (Å²) in [5.41, 5.74) is 1.70. The second kappa shape index (κ2) is 7.51. The van der Waals surface area contributed by atoms with Crippen molar-refractivity contribution in [3.63, 3.8) is 0 Å². The minimum absolute atomic E-state index is 0.0195. The fraction of sp³-hybridized carbons (Fsp3) is 0.316. The predicted octanol–water partition coefficient (Wildman–Crippen LogP) is 1.99. The molecule has 0 saturated heterocycles. The first-order valence-electron chi connectivity index (χ1n) is 8.47. The van der Waals surface area contributed by atoms with Crippen molar-refractivity contribution in [3.8, 4) is 0 Å². The van der Waals surface area contributed by atoms with E-state index in [1.807, 2.05) is 0 Å². The number of fused-ring (bicyclic) bond motifs is 1. The number of aromatic nitrogens is 1. The summed E-state index contributed by atoms with van der Waals surface area (Å²) in [5, 5.41) is 11.9. The Bertz CT molecular complexity index is 889. The van der Waals surface area contributed by atoms with Crippen molar-refractivity contribution in [2.45, 2.75) is 31.6 Å². The van der Waals surface area contributed by atoms with E-state index in [4.69, 9.17) is 0 Å². The third-order valence-electron chi connectivity index (χ3n) is 4.62. The number of benzene rings is 1. The quantitative estimate of drug-likeness (QED) is 0.761. The Kier molecular flexibility index (Phi) is 5.16. The number of aromatic amines is 1. The standard InChI is InChI=1S/C19H19FN2O4/c20-13-7-5-11(6-8-13)15(19(25)26)10-21-17(23)14-9-12-3-1-2-4-16(12)22-18(14)24/h5-9,15H,1-4,10H2,(H,21,23)(H,22,24)(H,25,26). The molecule has 1 amide bonds. The number of carbonyl (C=O) groups is 2. The van der Waals surface area contributed by atoms with Crippen molar-refractivity contribution < 1.29 is 19.1 Å². The summed E-state index contributed by atoms with van der Waals surface area (Å²) < 4.78 is 13.0. The molecule has 0 aliphatic heterocycles. The molecule has 0 saturated carbocycles. The van der Waals surface area contributed by atoms with E-state index < -0.39 is 29.2 Å². The van der Waals surface area contributed by atoms with Crippen LogP contribution in [-0.2, 0) is 17.6 Å². The molecule has 136 valence electrons. The molecular formula is C19H19FN2O4. The number of carboxylic acid groups (broad SMARTS) is 1. The van der Waals surface area contributed by atoms with Gasteiger partial charge in [0.1, 0.15) is 11.4 Å². The average Bonchev–Trinajstić information content (AvgIpc) is 2.62. The summed E-state index contributed by atoms with van der Waals surface area (Å²) in [7, 11) is 0. The van der Waals surface area contributed by atoms with Gasteiger partial charge in [-0.15, -0.1) is 0 Å². The third kappa shape index (κ3) is 3.82. The van der Waals surface area contributed by atoms with Crippen LogP contribution in [0, 0.1) is 5.82 Å². The normalized spacial score (nSPS) is 14.3. The van der Waals surface area contributed by atoms with Gasteiger partial charge in [-0.25, -0.2) is 4.39 Å². The van der Waals surface area contributed by atoms with E-state index in [1.165, 1.54) is 24.3 Å². The molecule has 1 aliphatic rings. The number of H-pyrrole nitrogens is 1. The Morgan fingerprint density at radius 1 is 1.19 bits per heavy atom. The molecule has 0 spiro atoms. The van der Waals surface area contributed by atoms with Crippen molar-refractivity contribution >= 4 is 11.9 Å². The smallest absolute Gasteiger partial charge is 0.312 e. The van der Waals surface area contributed by atoms with Gasteiger partial charge in [-0.3, -0.25) is 14.4 Å².